The number of aromatic nitrogens is 2. The molecule has 1 spiro atoms. The van der Waals surface area contributed by atoms with E-state index < -0.39 is 18.3 Å². The quantitative estimate of drug-likeness (QED) is 0.621. The molecule has 3 aromatic rings. The van der Waals surface area contributed by atoms with Crippen LogP contribution in [0.25, 0.3) is 11.1 Å². The molecule has 0 fully saturated rings. The lowest BCUT2D eigenvalue weighted by atomic mass is 9.79. The van der Waals surface area contributed by atoms with Crippen LogP contribution in [-0.4, -0.2) is 46.5 Å². The van der Waals surface area contributed by atoms with Gasteiger partial charge >= 0.3 is 6.61 Å². The van der Waals surface area contributed by atoms with Crippen molar-refractivity contribution in [3.63, 3.8) is 0 Å². The topological polar surface area (TPSA) is 103 Å². The first-order valence-electron chi connectivity index (χ1n) is 10.6. The highest BCUT2D eigenvalue weighted by Gasteiger charge is 2.53. The number of halogens is 2. The Balaban J connectivity index is 1.53. The highest BCUT2D eigenvalue weighted by atomic mass is 19.3. The molecule has 2 aliphatic rings. The van der Waals surface area contributed by atoms with Gasteiger partial charge < -0.3 is 15.2 Å². The van der Waals surface area contributed by atoms with Gasteiger partial charge in [0.1, 0.15) is 23.9 Å². The maximum Gasteiger partial charge on any atom is 0.387 e. The largest absolute Gasteiger partial charge is 0.490 e. The van der Waals surface area contributed by atoms with Gasteiger partial charge in [0.05, 0.1) is 0 Å². The van der Waals surface area contributed by atoms with Gasteiger partial charge in [-0.1, -0.05) is 18.2 Å². The van der Waals surface area contributed by atoms with Gasteiger partial charge in [0.2, 0.25) is 0 Å². The zero-order valence-electron chi connectivity index (χ0n) is 18.2. The average Bonchev–Trinajstić information content (AvgIpc) is 3.03. The third-order valence-corrected chi connectivity index (χ3v) is 6.03. The summed E-state index contributed by atoms with van der Waals surface area (Å²) in [6.45, 7) is -2.91. The van der Waals surface area contributed by atoms with E-state index >= 15 is 0 Å². The highest BCUT2D eigenvalue weighted by Crippen LogP contribution is 2.47. The number of hydrogen-bond donors (Lipinski definition) is 1. The van der Waals surface area contributed by atoms with E-state index in [9.17, 15) is 13.6 Å². The minimum absolute atomic E-state index is 0.0621. The van der Waals surface area contributed by atoms with Crippen LogP contribution < -0.4 is 15.2 Å². The number of nitrogens with zero attached hydrogens (tertiary/aromatic N) is 4. The van der Waals surface area contributed by atoms with Gasteiger partial charge in [-0.05, 0) is 35.4 Å². The van der Waals surface area contributed by atoms with E-state index in [-0.39, 0.29) is 24.0 Å². The molecule has 8 nitrogen and oxygen atoms in total. The Morgan fingerprint density at radius 3 is 2.71 bits per heavy atom. The Bertz CT molecular complexity index is 1270. The lowest BCUT2D eigenvalue weighted by Gasteiger charge is -2.37. The third-order valence-electron chi connectivity index (χ3n) is 6.03. The number of aliphatic imine (C=N–C) groups is 1. The van der Waals surface area contributed by atoms with Gasteiger partial charge in [0.15, 0.2) is 11.5 Å². The van der Waals surface area contributed by atoms with Crippen molar-refractivity contribution < 1.29 is 23.0 Å². The van der Waals surface area contributed by atoms with Gasteiger partial charge in [-0.2, -0.15) is 8.78 Å². The zero-order valence-corrected chi connectivity index (χ0v) is 18.2. The predicted octanol–water partition coefficient (Wildman–Crippen LogP) is 3.12. The summed E-state index contributed by atoms with van der Waals surface area (Å²) < 4.78 is 36.0. The van der Waals surface area contributed by atoms with Gasteiger partial charge in [-0.25, -0.2) is 15.0 Å². The van der Waals surface area contributed by atoms with Crippen LogP contribution in [-0.2, 0) is 16.8 Å². The minimum atomic E-state index is -2.91. The van der Waals surface area contributed by atoms with Crippen molar-refractivity contribution in [1.29, 1.82) is 0 Å². The van der Waals surface area contributed by atoms with Crippen LogP contribution in [0.5, 0.6) is 11.5 Å². The van der Waals surface area contributed by atoms with Gasteiger partial charge in [0.25, 0.3) is 5.91 Å². The SMILES string of the molecule is CN1C(=O)C2(CC(Cc3cccc(OC(F)F)c3)Oc3ccc(-c4cncnc4)cc32)N=C1N. The van der Waals surface area contributed by atoms with E-state index in [1.165, 1.54) is 23.4 Å². The Morgan fingerprint density at radius 2 is 2.00 bits per heavy atom. The van der Waals surface area contributed by atoms with Crippen LogP contribution in [0.2, 0.25) is 0 Å². The molecule has 0 bridgehead atoms. The molecule has 10 heteroatoms. The van der Waals surface area contributed by atoms with E-state index in [0.717, 1.165) is 16.7 Å². The Kier molecular flexibility index (Phi) is 5.35. The lowest BCUT2D eigenvalue weighted by Crippen LogP contribution is -2.46. The van der Waals surface area contributed by atoms with E-state index in [1.54, 1.807) is 37.6 Å². The number of hydrogen-bond acceptors (Lipinski definition) is 7. The van der Waals surface area contributed by atoms with Gasteiger partial charge in [-0.3, -0.25) is 9.69 Å². The molecule has 1 aromatic heterocycles. The van der Waals surface area contributed by atoms with E-state index in [2.05, 4.69) is 19.7 Å². The number of ether oxygens (including phenoxy) is 2. The molecule has 2 aliphatic heterocycles. The second-order valence-electron chi connectivity index (χ2n) is 8.21. The van der Waals surface area contributed by atoms with Crippen LogP contribution >= 0.6 is 0 Å². The number of nitrogens with two attached hydrogens (primary N) is 1. The number of alkyl halides is 2. The number of amides is 1. The number of guanidine groups is 1. The molecule has 0 aliphatic carbocycles. The summed E-state index contributed by atoms with van der Waals surface area (Å²) in [5, 5.41) is 0. The Morgan fingerprint density at radius 1 is 1.21 bits per heavy atom. The Hall–Kier alpha value is -4.08. The molecular formula is C24H21F2N5O3. The molecule has 34 heavy (non-hydrogen) atoms. The first kappa shape index (κ1) is 21.7. The summed E-state index contributed by atoms with van der Waals surface area (Å²) in [5.74, 6) is 0.442. The van der Waals surface area contributed by atoms with Crippen molar-refractivity contribution in [1.82, 2.24) is 14.9 Å². The fraction of sp³-hybridized carbons (Fsp3) is 0.250. The maximum atomic E-state index is 13.4. The number of benzene rings is 2. The van der Waals surface area contributed by atoms with E-state index in [0.29, 0.717) is 17.7 Å². The standard InChI is InChI=1S/C24H21F2N5O3/c1-31-21(32)24(30-23(31)27)10-18(8-14-3-2-4-17(7-14)34-22(25)26)33-20-6-5-15(9-19(20)24)16-11-28-13-29-12-16/h2-7,9,11-13,18,22H,8,10H2,1H3,(H2,27,30). The molecule has 0 radical (unpaired) electrons. The summed E-state index contributed by atoms with van der Waals surface area (Å²) in [4.78, 5) is 27.5. The van der Waals surface area contributed by atoms with Crippen molar-refractivity contribution in [3.05, 3.63) is 72.3 Å². The predicted molar refractivity (Wildman–Crippen MR) is 119 cm³/mol. The molecule has 1 amide bonds. The van der Waals surface area contributed by atoms with Crippen molar-refractivity contribution in [2.75, 3.05) is 7.05 Å². The number of carbonyl (C=O) groups is 1. The molecule has 0 saturated carbocycles. The second-order valence-corrected chi connectivity index (χ2v) is 8.21. The fourth-order valence-electron chi connectivity index (χ4n) is 4.48. The van der Waals surface area contributed by atoms with Crippen molar-refractivity contribution in [3.8, 4) is 22.6 Å². The molecule has 0 saturated heterocycles. The highest BCUT2D eigenvalue weighted by molar-refractivity contribution is 6.07. The minimum Gasteiger partial charge on any atom is -0.490 e. The summed E-state index contributed by atoms with van der Waals surface area (Å²) >= 11 is 0. The molecule has 3 heterocycles. The van der Waals surface area contributed by atoms with Crippen LogP contribution in [0, 0.1) is 0 Å². The first-order valence-corrected chi connectivity index (χ1v) is 10.6. The molecule has 5 rings (SSSR count). The summed E-state index contributed by atoms with van der Waals surface area (Å²) in [6, 6.07) is 11.9. The summed E-state index contributed by atoms with van der Waals surface area (Å²) in [7, 11) is 1.58. The molecule has 2 N–H and O–H groups in total. The third kappa shape index (κ3) is 3.81. The van der Waals surface area contributed by atoms with Crippen LogP contribution in [0.1, 0.15) is 17.5 Å². The summed E-state index contributed by atoms with van der Waals surface area (Å²) in [6.07, 6.45) is 4.96. The van der Waals surface area contributed by atoms with Crippen LogP contribution in [0.4, 0.5) is 8.78 Å². The maximum absolute atomic E-state index is 13.4. The van der Waals surface area contributed by atoms with Gasteiger partial charge in [-0.15, -0.1) is 0 Å². The van der Waals surface area contributed by atoms with E-state index in [4.69, 9.17) is 10.5 Å². The fourth-order valence-corrected chi connectivity index (χ4v) is 4.48. The van der Waals surface area contributed by atoms with Crippen molar-refractivity contribution in [2.45, 2.75) is 31.1 Å². The number of carbonyl (C=O) groups excluding carboxylic acids is 1. The zero-order chi connectivity index (χ0) is 23.9. The smallest absolute Gasteiger partial charge is 0.387 e. The molecule has 2 aromatic carbocycles. The number of likely N-dealkylation sites (N-methyl/N-ethyl adjacent to an activating group) is 1. The summed E-state index contributed by atoms with van der Waals surface area (Å²) in [5.41, 5.74) is 7.74. The lowest BCUT2D eigenvalue weighted by molar-refractivity contribution is -0.132. The molecule has 2 atom stereocenters. The Labute approximate surface area is 194 Å². The number of rotatable bonds is 5. The molecule has 2 unspecified atom stereocenters. The average molecular weight is 465 g/mol. The molecular weight excluding hydrogens is 444 g/mol. The molecule has 174 valence electrons. The van der Waals surface area contributed by atoms with Crippen LogP contribution in [0.15, 0.2) is 66.2 Å². The van der Waals surface area contributed by atoms with Crippen molar-refractivity contribution >= 4 is 11.9 Å². The first-order chi connectivity index (χ1) is 16.4. The monoisotopic (exact) mass is 465 g/mol. The van der Waals surface area contributed by atoms with Gasteiger partial charge in [0, 0.05) is 43.4 Å². The van der Waals surface area contributed by atoms with Crippen LogP contribution in [0.3, 0.4) is 0 Å². The normalized spacial score (nSPS) is 21.4. The second kappa shape index (κ2) is 8.36. The van der Waals surface area contributed by atoms with E-state index in [1.807, 2.05) is 12.1 Å². The van der Waals surface area contributed by atoms with Crippen molar-refractivity contribution in [2.24, 2.45) is 10.7 Å². The number of fused-ring (bicyclic) bond motifs is 2.